The van der Waals surface area contributed by atoms with Crippen LogP contribution in [0.2, 0.25) is 0 Å². The topological polar surface area (TPSA) is 78.8 Å². The normalized spacial score (nSPS) is 10.5. The van der Waals surface area contributed by atoms with Crippen LogP contribution in [0.3, 0.4) is 0 Å². The van der Waals surface area contributed by atoms with E-state index >= 15 is 0 Å². The number of carbonyl (C=O) groups excluding carboxylic acids is 1. The molecule has 0 bridgehead atoms. The van der Waals surface area contributed by atoms with Gasteiger partial charge in [-0.3, -0.25) is 9.59 Å². The number of hydrogen-bond acceptors (Lipinski definition) is 5. The van der Waals surface area contributed by atoms with Crippen molar-refractivity contribution in [1.82, 2.24) is 4.57 Å². The maximum absolute atomic E-state index is 12.3. The number of carbonyl (C=O) groups is 1. The number of pyridine rings is 1. The van der Waals surface area contributed by atoms with Gasteiger partial charge in [-0.2, -0.15) is 0 Å². The van der Waals surface area contributed by atoms with Gasteiger partial charge < -0.3 is 24.1 Å². The predicted octanol–water partition coefficient (Wildman–Crippen LogP) is 3.88. The van der Waals surface area contributed by atoms with E-state index in [1.165, 1.54) is 6.07 Å². The first-order valence-corrected chi connectivity index (χ1v) is 10.3. The zero-order valence-electron chi connectivity index (χ0n) is 18.8. The van der Waals surface area contributed by atoms with Gasteiger partial charge in [-0.05, 0) is 68.3 Å². The highest BCUT2D eigenvalue weighted by molar-refractivity contribution is 5.92. The molecule has 3 rings (SSSR count). The van der Waals surface area contributed by atoms with Crippen LogP contribution < -0.4 is 25.0 Å². The number of anilines is 1. The SMILES string of the molecule is COc1ccc(OCCn2ccc(=O)c(OCC(=O)Nc3ccc(C)c(C)c3)c2C)cc1. The smallest absolute Gasteiger partial charge is 0.262 e. The Labute approximate surface area is 187 Å². The Balaban J connectivity index is 1.58. The highest BCUT2D eigenvalue weighted by Crippen LogP contribution is 2.18. The Morgan fingerprint density at radius 3 is 2.34 bits per heavy atom. The van der Waals surface area contributed by atoms with Crippen molar-refractivity contribution in [2.45, 2.75) is 27.3 Å². The highest BCUT2D eigenvalue weighted by atomic mass is 16.5. The van der Waals surface area contributed by atoms with Gasteiger partial charge >= 0.3 is 0 Å². The molecule has 0 saturated heterocycles. The molecule has 0 spiro atoms. The van der Waals surface area contributed by atoms with Crippen LogP contribution >= 0.6 is 0 Å². The molecule has 0 aliphatic rings. The maximum Gasteiger partial charge on any atom is 0.262 e. The minimum absolute atomic E-state index is 0.159. The molecule has 0 fully saturated rings. The molecule has 7 nitrogen and oxygen atoms in total. The van der Waals surface area contributed by atoms with Crippen molar-refractivity contribution in [2.75, 3.05) is 25.6 Å². The van der Waals surface area contributed by atoms with E-state index in [0.717, 1.165) is 22.6 Å². The van der Waals surface area contributed by atoms with E-state index in [0.29, 0.717) is 24.5 Å². The lowest BCUT2D eigenvalue weighted by Gasteiger charge is -2.15. The lowest BCUT2D eigenvalue weighted by molar-refractivity contribution is -0.118. The largest absolute Gasteiger partial charge is 0.497 e. The quantitative estimate of drug-likeness (QED) is 0.551. The molecule has 1 N–H and O–H groups in total. The van der Waals surface area contributed by atoms with Gasteiger partial charge in [0, 0.05) is 18.0 Å². The van der Waals surface area contributed by atoms with Crippen molar-refractivity contribution < 1.29 is 19.0 Å². The number of ether oxygens (including phenoxy) is 3. The molecule has 0 radical (unpaired) electrons. The fourth-order valence-electron chi connectivity index (χ4n) is 3.16. The first-order chi connectivity index (χ1) is 15.4. The van der Waals surface area contributed by atoms with Crippen LogP contribution in [0.1, 0.15) is 16.8 Å². The van der Waals surface area contributed by atoms with Crippen LogP contribution in [-0.2, 0) is 11.3 Å². The standard InChI is InChI=1S/C25H28N2O5/c1-17-5-6-20(15-18(17)2)26-24(29)16-32-25-19(3)27(12-11-23(25)28)13-14-31-22-9-7-21(30-4)8-10-22/h5-12,15H,13-14,16H2,1-4H3,(H,26,29). The summed E-state index contributed by atoms with van der Waals surface area (Å²) in [5.74, 6) is 1.32. The summed E-state index contributed by atoms with van der Waals surface area (Å²) in [6, 6.07) is 14.4. The van der Waals surface area contributed by atoms with Crippen LogP contribution in [0.5, 0.6) is 17.2 Å². The van der Waals surface area contributed by atoms with Gasteiger partial charge in [0.15, 0.2) is 12.4 Å². The Morgan fingerprint density at radius 1 is 0.938 bits per heavy atom. The molecule has 0 unspecified atom stereocenters. The minimum atomic E-state index is -0.328. The molecular formula is C25H28N2O5. The molecule has 32 heavy (non-hydrogen) atoms. The number of amides is 1. The summed E-state index contributed by atoms with van der Waals surface area (Å²) in [6.07, 6.45) is 1.69. The molecule has 7 heteroatoms. The van der Waals surface area contributed by atoms with Crippen LogP contribution in [0.4, 0.5) is 5.69 Å². The second-order valence-electron chi connectivity index (χ2n) is 7.45. The highest BCUT2D eigenvalue weighted by Gasteiger charge is 2.12. The fraction of sp³-hybridized carbons (Fsp3) is 0.280. The minimum Gasteiger partial charge on any atom is -0.497 e. The number of hydrogen-bond donors (Lipinski definition) is 1. The summed E-state index contributed by atoms with van der Waals surface area (Å²) >= 11 is 0. The molecule has 0 aliphatic heterocycles. The molecule has 168 valence electrons. The van der Waals surface area contributed by atoms with Crippen LogP contribution in [-0.4, -0.2) is 30.8 Å². The summed E-state index contributed by atoms with van der Waals surface area (Å²) in [5.41, 5.74) is 3.29. The second-order valence-corrected chi connectivity index (χ2v) is 7.45. The van der Waals surface area contributed by atoms with Crippen molar-refractivity contribution in [1.29, 1.82) is 0 Å². The number of aromatic nitrogens is 1. The van der Waals surface area contributed by atoms with E-state index in [9.17, 15) is 9.59 Å². The van der Waals surface area contributed by atoms with Gasteiger partial charge in [0.05, 0.1) is 19.3 Å². The van der Waals surface area contributed by atoms with Crippen molar-refractivity contribution in [3.63, 3.8) is 0 Å². The van der Waals surface area contributed by atoms with E-state index in [2.05, 4.69) is 5.32 Å². The van der Waals surface area contributed by atoms with E-state index in [4.69, 9.17) is 14.2 Å². The molecule has 1 amide bonds. The fourth-order valence-corrected chi connectivity index (χ4v) is 3.16. The first kappa shape index (κ1) is 22.9. The maximum atomic E-state index is 12.3. The van der Waals surface area contributed by atoms with Crippen LogP contribution in [0, 0.1) is 20.8 Å². The van der Waals surface area contributed by atoms with Crippen molar-refractivity contribution in [2.24, 2.45) is 0 Å². The van der Waals surface area contributed by atoms with Crippen molar-refractivity contribution >= 4 is 11.6 Å². The van der Waals surface area contributed by atoms with E-state index < -0.39 is 0 Å². The molecule has 3 aromatic rings. The molecule has 2 aromatic carbocycles. The summed E-state index contributed by atoms with van der Waals surface area (Å²) < 4.78 is 18.3. The van der Waals surface area contributed by atoms with Gasteiger partial charge in [-0.25, -0.2) is 0 Å². The molecular weight excluding hydrogens is 408 g/mol. The van der Waals surface area contributed by atoms with Gasteiger partial charge in [-0.15, -0.1) is 0 Å². The monoisotopic (exact) mass is 436 g/mol. The zero-order chi connectivity index (χ0) is 23.1. The Kier molecular flexibility index (Phi) is 7.54. The Morgan fingerprint density at radius 2 is 1.66 bits per heavy atom. The van der Waals surface area contributed by atoms with Crippen molar-refractivity contribution in [3.8, 4) is 17.2 Å². The zero-order valence-corrected chi connectivity index (χ0v) is 18.8. The Hall–Kier alpha value is -3.74. The third-order valence-corrected chi connectivity index (χ3v) is 5.19. The number of aryl methyl sites for hydroxylation is 2. The van der Waals surface area contributed by atoms with E-state index in [1.54, 1.807) is 20.2 Å². The van der Waals surface area contributed by atoms with Gasteiger partial charge in [0.25, 0.3) is 5.91 Å². The van der Waals surface area contributed by atoms with Gasteiger partial charge in [0.1, 0.15) is 18.1 Å². The average molecular weight is 437 g/mol. The van der Waals surface area contributed by atoms with Crippen LogP contribution in [0.15, 0.2) is 59.5 Å². The third-order valence-electron chi connectivity index (χ3n) is 5.19. The summed E-state index contributed by atoms with van der Waals surface area (Å²) in [4.78, 5) is 24.6. The summed E-state index contributed by atoms with van der Waals surface area (Å²) in [7, 11) is 1.61. The lowest BCUT2D eigenvalue weighted by atomic mass is 10.1. The van der Waals surface area contributed by atoms with Gasteiger partial charge in [0.2, 0.25) is 5.43 Å². The number of nitrogens with one attached hydrogen (secondary N) is 1. The lowest BCUT2D eigenvalue weighted by Crippen LogP contribution is -2.24. The molecule has 0 aliphatic carbocycles. The summed E-state index contributed by atoms with van der Waals surface area (Å²) in [5, 5.41) is 2.79. The molecule has 0 saturated carbocycles. The van der Waals surface area contributed by atoms with E-state index in [1.807, 2.05) is 60.9 Å². The van der Waals surface area contributed by atoms with Gasteiger partial charge in [-0.1, -0.05) is 6.07 Å². The molecule has 1 heterocycles. The predicted molar refractivity (Wildman–Crippen MR) is 124 cm³/mol. The van der Waals surface area contributed by atoms with E-state index in [-0.39, 0.29) is 23.7 Å². The third kappa shape index (κ3) is 5.91. The number of methoxy groups -OCH3 is 1. The second kappa shape index (κ2) is 10.5. The number of rotatable bonds is 9. The molecule has 1 aromatic heterocycles. The number of benzene rings is 2. The average Bonchev–Trinajstić information content (AvgIpc) is 2.78. The number of nitrogens with zero attached hydrogens (tertiary/aromatic N) is 1. The van der Waals surface area contributed by atoms with Crippen molar-refractivity contribution in [3.05, 3.63) is 81.8 Å². The van der Waals surface area contributed by atoms with Crippen LogP contribution in [0.25, 0.3) is 0 Å². The summed E-state index contributed by atoms with van der Waals surface area (Å²) in [6.45, 7) is 6.44. The Bertz CT molecular complexity index is 1140. The first-order valence-electron chi connectivity index (χ1n) is 10.3. The molecule has 0 atom stereocenters.